The van der Waals surface area contributed by atoms with Crippen molar-refractivity contribution in [3.63, 3.8) is 0 Å². The SMILES string of the molecule is CC(O)C(=O)N1CCC(c2ccc(-n3c(=O)n(C)c4cnc5ccc(-c6ccc(-c7cnn(C)c7)nc6)cc5c43)cc2)CC1. The number of pyridine rings is 2. The number of imidazole rings is 1. The van der Waals surface area contributed by atoms with Crippen molar-refractivity contribution in [2.75, 3.05) is 13.1 Å². The second-order valence-electron chi connectivity index (χ2n) is 11.6. The summed E-state index contributed by atoms with van der Waals surface area (Å²) in [4.78, 5) is 36.9. The quantitative estimate of drug-likeness (QED) is 0.320. The molecule has 5 heterocycles. The van der Waals surface area contributed by atoms with Crippen LogP contribution in [0.4, 0.5) is 0 Å². The van der Waals surface area contributed by atoms with Crippen LogP contribution in [0, 0.1) is 0 Å². The van der Waals surface area contributed by atoms with Crippen LogP contribution in [0.5, 0.6) is 0 Å². The van der Waals surface area contributed by atoms with Gasteiger partial charge in [0.2, 0.25) is 0 Å². The Morgan fingerprint density at radius 2 is 1.66 bits per heavy atom. The van der Waals surface area contributed by atoms with E-state index in [0.29, 0.717) is 19.0 Å². The molecule has 1 aliphatic heterocycles. The van der Waals surface area contributed by atoms with Crippen LogP contribution in [0.1, 0.15) is 31.2 Å². The Balaban J connectivity index is 1.23. The fourth-order valence-electron chi connectivity index (χ4n) is 6.30. The average Bonchev–Trinajstić information content (AvgIpc) is 3.60. The van der Waals surface area contributed by atoms with E-state index in [4.69, 9.17) is 0 Å². The summed E-state index contributed by atoms with van der Waals surface area (Å²) in [6.07, 6.45) is 8.06. The number of aryl methyl sites for hydroxylation is 2. The van der Waals surface area contributed by atoms with Gasteiger partial charge in [0.1, 0.15) is 6.10 Å². The second kappa shape index (κ2) is 10.9. The first-order chi connectivity index (χ1) is 21.3. The fraction of sp³-hybridized carbons (Fsp3) is 0.265. The predicted molar refractivity (Wildman–Crippen MR) is 169 cm³/mol. The molecule has 44 heavy (non-hydrogen) atoms. The van der Waals surface area contributed by atoms with Gasteiger partial charge in [0, 0.05) is 56.1 Å². The normalized spacial score (nSPS) is 14.9. The number of likely N-dealkylation sites (tertiary alicyclic amines) is 1. The number of hydrogen-bond acceptors (Lipinski definition) is 6. The summed E-state index contributed by atoms with van der Waals surface area (Å²) in [5, 5.41) is 14.8. The Bertz CT molecular complexity index is 2060. The molecular weight excluding hydrogens is 554 g/mol. The molecule has 10 nitrogen and oxygen atoms in total. The molecule has 4 aromatic heterocycles. The van der Waals surface area contributed by atoms with Crippen molar-refractivity contribution in [2.24, 2.45) is 14.1 Å². The first-order valence-corrected chi connectivity index (χ1v) is 14.8. The molecule has 222 valence electrons. The number of aliphatic hydroxyl groups excluding tert-OH is 1. The van der Waals surface area contributed by atoms with Crippen molar-refractivity contribution >= 4 is 27.8 Å². The highest BCUT2D eigenvalue weighted by Crippen LogP contribution is 2.32. The highest BCUT2D eigenvalue weighted by Gasteiger charge is 2.26. The number of carbonyl (C=O) groups excluding carboxylic acids is 1. The molecule has 1 aliphatic rings. The maximum absolute atomic E-state index is 13.6. The Labute approximate surface area is 253 Å². The van der Waals surface area contributed by atoms with Crippen molar-refractivity contribution in [3.8, 4) is 28.1 Å². The zero-order valence-corrected chi connectivity index (χ0v) is 24.9. The standard InChI is InChI=1S/C34H33N7O3/c1-21(42)33(43)40-14-12-23(13-15-40)22-4-8-27(9-5-22)41-32-28-16-24(6-11-30(28)36-19-31(32)39(3)34(41)44)25-7-10-29(35-17-25)26-18-37-38(2)20-26/h4-11,16-21,23,42H,12-15H2,1-3H3. The second-order valence-corrected chi connectivity index (χ2v) is 11.6. The molecular formula is C34H33N7O3. The van der Waals surface area contributed by atoms with Crippen LogP contribution in [0.2, 0.25) is 0 Å². The molecule has 10 heteroatoms. The molecule has 0 aliphatic carbocycles. The van der Waals surface area contributed by atoms with Gasteiger partial charge in [-0.3, -0.25) is 28.6 Å². The lowest BCUT2D eigenvalue weighted by atomic mass is 9.89. The number of hydrogen-bond donors (Lipinski definition) is 1. The summed E-state index contributed by atoms with van der Waals surface area (Å²) >= 11 is 0. The van der Waals surface area contributed by atoms with Gasteiger partial charge in [-0.2, -0.15) is 5.10 Å². The molecule has 0 radical (unpaired) electrons. The van der Waals surface area contributed by atoms with Crippen LogP contribution in [0.3, 0.4) is 0 Å². The first-order valence-electron chi connectivity index (χ1n) is 14.8. The lowest BCUT2D eigenvalue weighted by Gasteiger charge is -2.33. The van der Waals surface area contributed by atoms with Crippen molar-refractivity contribution in [3.05, 3.63) is 95.4 Å². The van der Waals surface area contributed by atoms with E-state index in [-0.39, 0.29) is 11.6 Å². The lowest BCUT2D eigenvalue weighted by Crippen LogP contribution is -2.42. The Morgan fingerprint density at radius 1 is 0.909 bits per heavy atom. The molecule has 2 aromatic carbocycles. The summed E-state index contributed by atoms with van der Waals surface area (Å²) in [5.41, 5.74) is 7.95. The van der Waals surface area contributed by atoms with Crippen molar-refractivity contribution < 1.29 is 9.90 Å². The van der Waals surface area contributed by atoms with Crippen LogP contribution in [0.15, 0.2) is 84.2 Å². The van der Waals surface area contributed by atoms with E-state index < -0.39 is 6.10 Å². The zero-order chi connectivity index (χ0) is 30.5. The predicted octanol–water partition coefficient (Wildman–Crippen LogP) is 4.43. The molecule has 7 rings (SSSR count). The number of piperidine rings is 1. The maximum Gasteiger partial charge on any atom is 0.333 e. The van der Waals surface area contributed by atoms with E-state index in [1.165, 1.54) is 12.5 Å². The lowest BCUT2D eigenvalue weighted by molar-refractivity contribution is -0.140. The molecule has 1 N–H and O–H groups in total. The largest absolute Gasteiger partial charge is 0.384 e. The van der Waals surface area contributed by atoms with E-state index in [2.05, 4.69) is 33.3 Å². The van der Waals surface area contributed by atoms with Crippen molar-refractivity contribution in [1.82, 2.24) is 33.8 Å². The summed E-state index contributed by atoms with van der Waals surface area (Å²) in [7, 11) is 3.66. The number of benzene rings is 2. The fourth-order valence-corrected chi connectivity index (χ4v) is 6.30. The van der Waals surface area contributed by atoms with E-state index in [1.807, 2.05) is 55.8 Å². The Hall–Kier alpha value is -5.09. The van der Waals surface area contributed by atoms with E-state index in [0.717, 1.165) is 62.8 Å². The number of nitrogens with zero attached hydrogens (tertiary/aromatic N) is 7. The maximum atomic E-state index is 13.6. The van der Waals surface area contributed by atoms with Gasteiger partial charge in [-0.15, -0.1) is 0 Å². The third-order valence-electron chi connectivity index (χ3n) is 8.77. The number of amides is 1. The minimum Gasteiger partial charge on any atom is -0.384 e. The number of aliphatic hydroxyl groups is 1. The summed E-state index contributed by atoms with van der Waals surface area (Å²) in [6, 6.07) is 18.3. The van der Waals surface area contributed by atoms with Crippen molar-refractivity contribution in [1.29, 1.82) is 0 Å². The topological polar surface area (TPSA) is 111 Å². The Morgan fingerprint density at radius 3 is 2.32 bits per heavy atom. The van der Waals surface area contributed by atoms with Gasteiger partial charge in [-0.25, -0.2) is 4.79 Å². The highest BCUT2D eigenvalue weighted by atomic mass is 16.3. The van der Waals surface area contributed by atoms with Crippen molar-refractivity contribution in [2.45, 2.75) is 31.8 Å². The van der Waals surface area contributed by atoms with Gasteiger partial charge in [0.15, 0.2) is 0 Å². The summed E-state index contributed by atoms with van der Waals surface area (Å²) in [6.45, 7) is 2.77. The smallest absolute Gasteiger partial charge is 0.333 e. The van der Waals surface area contributed by atoms with Gasteiger partial charge >= 0.3 is 5.69 Å². The molecule has 1 atom stereocenters. The molecule has 6 aromatic rings. The van der Waals surface area contributed by atoms with Crippen LogP contribution < -0.4 is 5.69 Å². The van der Waals surface area contributed by atoms with Crippen LogP contribution in [-0.4, -0.2) is 64.0 Å². The zero-order valence-electron chi connectivity index (χ0n) is 24.9. The third kappa shape index (κ3) is 4.77. The van der Waals surface area contributed by atoms with E-state index in [9.17, 15) is 14.7 Å². The van der Waals surface area contributed by atoms with E-state index >= 15 is 0 Å². The van der Waals surface area contributed by atoms with Gasteiger partial charge in [0.25, 0.3) is 5.91 Å². The van der Waals surface area contributed by atoms with Crippen LogP contribution in [0.25, 0.3) is 50.0 Å². The monoisotopic (exact) mass is 587 g/mol. The van der Waals surface area contributed by atoms with Crippen LogP contribution >= 0.6 is 0 Å². The van der Waals surface area contributed by atoms with E-state index in [1.54, 1.807) is 38.2 Å². The molecule has 1 fully saturated rings. The molecule has 1 saturated heterocycles. The number of carbonyl (C=O) groups is 1. The first kappa shape index (κ1) is 27.7. The number of aromatic nitrogens is 6. The minimum absolute atomic E-state index is 0.139. The van der Waals surface area contributed by atoms with Gasteiger partial charge in [0.05, 0.1) is 40.3 Å². The van der Waals surface area contributed by atoms with Gasteiger partial charge in [-0.1, -0.05) is 24.3 Å². The minimum atomic E-state index is -0.971. The van der Waals surface area contributed by atoms with Gasteiger partial charge in [-0.05, 0) is 67.1 Å². The highest BCUT2D eigenvalue weighted by molar-refractivity contribution is 6.04. The molecule has 0 spiro atoms. The third-order valence-corrected chi connectivity index (χ3v) is 8.77. The number of rotatable bonds is 5. The Kier molecular flexibility index (Phi) is 6.85. The average molecular weight is 588 g/mol. The molecule has 0 saturated carbocycles. The molecule has 1 unspecified atom stereocenters. The van der Waals surface area contributed by atoms with Crippen LogP contribution in [-0.2, 0) is 18.9 Å². The number of fused-ring (bicyclic) bond motifs is 3. The summed E-state index contributed by atoms with van der Waals surface area (Å²) in [5.74, 6) is 0.106. The molecule has 1 amide bonds. The van der Waals surface area contributed by atoms with Gasteiger partial charge < -0.3 is 10.0 Å². The molecule has 0 bridgehead atoms. The summed E-state index contributed by atoms with van der Waals surface area (Å²) < 4.78 is 5.16.